The van der Waals surface area contributed by atoms with Gasteiger partial charge in [-0.15, -0.1) is 6.58 Å². The Hall–Kier alpha value is -0.510. The van der Waals surface area contributed by atoms with Gasteiger partial charge in [-0.3, -0.25) is 0 Å². The molecule has 0 aromatic carbocycles. The van der Waals surface area contributed by atoms with Crippen LogP contribution in [0, 0.1) is 0 Å². The predicted molar refractivity (Wildman–Crippen MR) is 47.6 cm³/mol. The molecule has 1 atom stereocenters. The van der Waals surface area contributed by atoms with Gasteiger partial charge in [-0.2, -0.15) is 13.2 Å². The zero-order valence-electron chi connectivity index (χ0n) is 8.04. The molecule has 0 heterocycles. The predicted octanol–water partition coefficient (Wildman–Crippen LogP) is 2.88. The van der Waals surface area contributed by atoms with Gasteiger partial charge >= 0.3 is 6.18 Å². The molecule has 0 aliphatic carbocycles. The highest BCUT2D eigenvalue weighted by atomic mass is 19.4. The van der Waals surface area contributed by atoms with E-state index in [9.17, 15) is 13.2 Å². The summed E-state index contributed by atoms with van der Waals surface area (Å²) in [7, 11) is 0. The molecule has 1 N–H and O–H groups in total. The zero-order valence-corrected chi connectivity index (χ0v) is 8.04. The van der Waals surface area contributed by atoms with Crippen LogP contribution in [0.2, 0.25) is 0 Å². The third-order valence-corrected chi connectivity index (χ3v) is 1.58. The lowest BCUT2D eigenvalue weighted by molar-refractivity contribution is -0.138. The summed E-state index contributed by atoms with van der Waals surface area (Å²) in [5.41, 5.74) is 0.978. The largest absolute Gasteiger partial charge is 0.390 e. The zero-order chi connectivity index (χ0) is 10.5. The molecule has 0 aliphatic heterocycles. The molecule has 1 nitrogen and oxygen atoms in total. The van der Waals surface area contributed by atoms with Crippen molar-refractivity contribution in [3.8, 4) is 0 Å². The van der Waals surface area contributed by atoms with Gasteiger partial charge in [0.15, 0.2) is 0 Å². The van der Waals surface area contributed by atoms with Gasteiger partial charge in [0.25, 0.3) is 0 Å². The van der Waals surface area contributed by atoms with Crippen LogP contribution in [0.25, 0.3) is 0 Å². The lowest BCUT2D eigenvalue weighted by Gasteiger charge is -2.15. The maximum atomic E-state index is 11.8. The van der Waals surface area contributed by atoms with E-state index in [1.54, 1.807) is 0 Å². The highest BCUT2D eigenvalue weighted by Gasteiger charge is 2.29. The van der Waals surface area contributed by atoms with Gasteiger partial charge in [0, 0.05) is 6.04 Å². The first-order chi connectivity index (χ1) is 5.81. The molecule has 4 heteroatoms. The average Bonchev–Trinajstić information content (AvgIpc) is 1.81. The lowest BCUT2D eigenvalue weighted by Crippen LogP contribution is -2.31. The van der Waals surface area contributed by atoms with E-state index < -0.39 is 18.6 Å². The van der Waals surface area contributed by atoms with Crippen molar-refractivity contribution in [2.45, 2.75) is 38.9 Å². The number of hydrogen-bond donors (Lipinski definition) is 1. The smallest absolute Gasteiger partial charge is 0.314 e. The summed E-state index contributed by atoms with van der Waals surface area (Å²) in [6.07, 6.45) is -4.12. The molecule has 78 valence electrons. The Bertz CT molecular complexity index is 163. The summed E-state index contributed by atoms with van der Waals surface area (Å²) < 4.78 is 35.5. The molecule has 0 fully saturated rings. The van der Waals surface area contributed by atoms with Crippen molar-refractivity contribution in [3.05, 3.63) is 12.2 Å². The van der Waals surface area contributed by atoms with Gasteiger partial charge < -0.3 is 5.32 Å². The molecule has 0 saturated heterocycles. The quantitative estimate of drug-likeness (QED) is 0.665. The van der Waals surface area contributed by atoms with Crippen molar-refractivity contribution < 1.29 is 13.2 Å². The summed E-state index contributed by atoms with van der Waals surface area (Å²) in [6, 6.07) is -0.514. The SMILES string of the molecule is C=C(C)CCNC(C)CC(F)(F)F. The number of rotatable bonds is 5. The summed E-state index contributed by atoms with van der Waals surface area (Å²) in [5, 5.41) is 2.79. The van der Waals surface area contributed by atoms with Gasteiger partial charge in [0.1, 0.15) is 0 Å². The fourth-order valence-electron chi connectivity index (χ4n) is 0.951. The molecule has 0 aromatic heterocycles. The Labute approximate surface area is 77.0 Å². The van der Waals surface area contributed by atoms with Crippen LogP contribution < -0.4 is 5.32 Å². The van der Waals surface area contributed by atoms with Crippen LogP contribution in [-0.2, 0) is 0 Å². The molecule has 0 amide bonds. The van der Waals surface area contributed by atoms with Crippen LogP contribution in [0.5, 0.6) is 0 Å². The Morgan fingerprint density at radius 3 is 2.38 bits per heavy atom. The number of alkyl halides is 3. The van der Waals surface area contributed by atoms with Crippen molar-refractivity contribution in [1.29, 1.82) is 0 Å². The minimum absolute atomic E-state index is 0.514. The van der Waals surface area contributed by atoms with E-state index in [1.807, 2.05) is 6.92 Å². The monoisotopic (exact) mass is 195 g/mol. The van der Waals surface area contributed by atoms with E-state index in [0.29, 0.717) is 6.54 Å². The standard InChI is InChI=1S/C9H16F3N/c1-7(2)4-5-13-8(3)6-9(10,11)12/h8,13H,1,4-6H2,2-3H3. The van der Waals surface area contributed by atoms with Crippen LogP contribution in [0.3, 0.4) is 0 Å². The minimum Gasteiger partial charge on any atom is -0.314 e. The van der Waals surface area contributed by atoms with E-state index in [4.69, 9.17) is 0 Å². The molecule has 0 aliphatic rings. The number of nitrogens with one attached hydrogen (secondary N) is 1. The maximum absolute atomic E-state index is 11.8. The van der Waals surface area contributed by atoms with E-state index in [-0.39, 0.29) is 0 Å². The number of halogens is 3. The molecule has 0 spiro atoms. The van der Waals surface area contributed by atoms with Gasteiger partial charge in [0.05, 0.1) is 6.42 Å². The molecular formula is C9H16F3N. The Balaban J connectivity index is 3.52. The lowest BCUT2D eigenvalue weighted by atomic mass is 10.2. The first-order valence-electron chi connectivity index (χ1n) is 4.26. The van der Waals surface area contributed by atoms with Crippen molar-refractivity contribution in [3.63, 3.8) is 0 Å². The third-order valence-electron chi connectivity index (χ3n) is 1.58. The van der Waals surface area contributed by atoms with Crippen LogP contribution >= 0.6 is 0 Å². The first kappa shape index (κ1) is 12.5. The molecular weight excluding hydrogens is 179 g/mol. The van der Waals surface area contributed by atoms with Gasteiger partial charge in [-0.1, -0.05) is 5.57 Å². The molecule has 13 heavy (non-hydrogen) atoms. The second-order valence-corrected chi connectivity index (χ2v) is 3.38. The van der Waals surface area contributed by atoms with Gasteiger partial charge in [-0.25, -0.2) is 0 Å². The fourth-order valence-corrected chi connectivity index (χ4v) is 0.951. The van der Waals surface area contributed by atoms with Crippen molar-refractivity contribution >= 4 is 0 Å². The second kappa shape index (κ2) is 5.27. The van der Waals surface area contributed by atoms with E-state index in [1.165, 1.54) is 6.92 Å². The molecule has 0 radical (unpaired) electrons. The normalized spacial score (nSPS) is 14.2. The van der Waals surface area contributed by atoms with Crippen LogP contribution in [0.4, 0.5) is 13.2 Å². The van der Waals surface area contributed by atoms with Crippen LogP contribution in [0.1, 0.15) is 26.7 Å². The van der Waals surface area contributed by atoms with Crippen molar-refractivity contribution in [1.82, 2.24) is 5.32 Å². The minimum atomic E-state index is -4.07. The Morgan fingerprint density at radius 2 is 2.00 bits per heavy atom. The van der Waals surface area contributed by atoms with E-state index >= 15 is 0 Å². The van der Waals surface area contributed by atoms with Crippen molar-refractivity contribution in [2.75, 3.05) is 6.54 Å². The average molecular weight is 195 g/mol. The van der Waals surface area contributed by atoms with Crippen molar-refractivity contribution in [2.24, 2.45) is 0 Å². The first-order valence-corrected chi connectivity index (χ1v) is 4.26. The second-order valence-electron chi connectivity index (χ2n) is 3.38. The fraction of sp³-hybridized carbons (Fsp3) is 0.778. The summed E-state index contributed by atoms with van der Waals surface area (Å²) >= 11 is 0. The third kappa shape index (κ3) is 9.40. The van der Waals surface area contributed by atoms with E-state index in [2.05, 4.69) is 11.9 Å². The molecule has 0 saturated carbocycles. The Morgan fingerprint density at radius 1 is 1.46 bits per heavy atom. The van der Waals surface area contributed by atoms with Gasteiger partial charge in [-0.05, 0) is 26.8 Å². The summed E-state index contributed by atoms with van der Waals surface area (Å²) in [5.74, 6) is 0. The summed E-state index contributed by atoms with van der Waals surface area (Å²) in [6.45, 7) is 7.62. The van der Waals surface area contributed by atoms with Crippen LogP contribution in [0.15, 0.2) is 12.2 Å². The highest BCUT2D eigenvalue weighted by Crippen LogP contribution is 2.21. The Kier molecular flexibility index (Phi) is 5.06. The highest BCUT2D eigenvalue weighted by molar-refractivity contribution is 4.88. The van der Waals surface area contributed by atoms with E-state index in [0.717, 1.165) is 12.0 Å². The van der Waals surface area contributed by atoms with Gasteiger partial charge in [0.2, 0.25) is 0 Å². The molecule has 0 rings (SSSR count). The molecule has 1 unspecified atom stereocenters. The number of hydrogen-bond acceptors (Lipinski definition) is 1. The molecule has 0 aromatic rings. The summed E-state index contributed by atoms with van der Waals surface area (Å²) in [4.78, 5) is 0. The maximum Gasteiger partial charge on any atom is 0.390 e. The topological polar surface area (TPSA) is 12.0 Å². The van der Waals surface area contributed by atoms with Crippen LogP contribution in [-0.4, -0.2) is 18.8 Å². The molecule has 0 bridgehead atoms.